The van der Waals surface area contributed by atoms with E-state index < -0.39 is 41.8 Å². The minimum absolute atomic E-state index is 0.00296. The van der Waals surface area contributed by atoms with Crippen LogP contribution in [0.2, 0.25) is 0 Å². The molecule has 0 aromatic carbocycles. The Morgan fingerprint density at radius 2 is 1.33 bits per heavy atom. The van der Waals surface area contributed by atoms with Gasteiger partial charge in [0.05, 0.1) is 34.2 Å². The first kappa shape index (κ1) is 54.3. The number of carboxylic acid groups (broad SMARTS) is 1. The van der Waals surface area contributed by atoms with Crippen LogP contribution in [0.25, 0.3) is 0 Å². The summed E-state index contributed by atoms with van der Waals surface area (Å²) in [6, 6.07) is -3.73. The highest BCUT2D eigenvalue weighted by molar-refractivity contribution is 6.21. The number of carbonyl (C=O) groups is 4. The molecule has 390 valence electrons. The van der Waals surface area contributed by atoms with Crippen LogP contribution >= 0.6 is 0 Å². The summed E-state index contributed by atoms with van der Waals surface area (Å²) in [4.78, 5) is 81.6. The van der Waals surface area contributed by atoms with E-state index >= 15 is 0 Å². The average Bonchev–Trinajstić information content (AvgIpc) is 4.09. The Morgan fingerprint density at radius 3 is 1.89 bits per heavy atom. The van der Waals surface area contributed by atoms with E-state index in [4.69, 9.17) is 49.4 Å². The van der Waals surface area contributed by atoms with Crippen LogP contribution in [0.4, 0.5) is 0 Å². The number of aliphatic carboxylic acids is 1. The summed E-state index contributed by atoms with van der Waals surface area (Å²) in [5, 5.41) is 33.4. The lowest BCUT2D eigenvalue weighted by molar-refractivity contribution is -0.142. The quantitative estimate of drug-likeness (QED) is 0.0398. The average molecular weight is 1000 g/mol. The van der Waals surface area contributed by atoms with Crippen molar-refractivity contribution in [2.75, 3.05) is 19.6 Å². The Hall–Kier alpha value is -8.04. The van der Waals surface area contributed by atoms with Crippen LogP contribution in [0.5, 0.6) is 0 Å². The maximum absolute atomic E-state index is 14.2. The number of rotatable bonds is 23. The molecule has 1 fully saturated rings. The highest BCUT2D eigenvalue weighted by Gasteiger charge is 2.42. The van der Waals surface area contributed by atoms with Crippen molar-refractivity contribution in [3.05, 3.63) is 104 Å². The van der Waals surface area contributed by atoms with Gasteiger partial charge in [0, 0.05) is 72.4 Å². The normalized spacial score (nSPS) is 20.0. The third-order valence-electron chi connectivity index (χ3n) is 13.7. The minimum atomic E-state index is -1.32. The van der Waals surface area contributed by atoms with Gasteiger partial charge < -0.3 is 65.9 Å². The molecular weight excluding hydrogens is 933 g/mol. The van der Waals surface area contributed by atoms with Gasteiger partial charge in [0.2, 0.25) is 17.7 Å². The molecule has 8 bridgehead atoms. The van der Waals surface area contributed by atoms with Crippen LogP contribution in [-0.4, -0.2) is 107 Å². The number of carboxylic acids is 1. The monoisotopic (exact) mass is 1000 g/mol. The number of aliphatic hydroxyl groups excluding tert-OH is 1. The topological polar surface area (TPSA) is 387 Å². The first-order chi connectivity index (χ1) is 34.7. The Kier molecular flexibility index (Phi) is 17.8. The zero-order valence-electron chi connectivity index (χ0n) is 42.3. The maximum Gasteiger partial charge on any atom is 0.326 e. The van der Waals surface area contributed by atoms with Crippen LogP contribution < -0.4 is 55.7 Å². The highest BCUT2D eigenvalue weighted by atomic mass is 16.4. The predicted octanol–water partition coefficient (Wildman–Crippen LogP) is 2.32. The molecule has 18 N–H and O–H groups in total. The van der Waals surface area contributed by atoms with Gasteiger partial charge in [-0.05, 0) is 113 Å². The van der Waals surface area contributed by atoms with Gasteiger partial charge >= 0.3 is 5.97 Å². The summed E-state index contributed by atoms with van der Waals surface area (Å²) in [6.45, 7) is 14.7. The zero-order chi connectivity index (χ0) is 53.3. The van der Waals surface area contributed by atoms with Gasteiger partial charge in [0.25, 0.3) is 0 Å². The summed E-state index contributed by atoms with van der Waals surface area (Å²) in [5.41, 5.74) is 45.5. The number of carbonyl (C=O) groups excluding carboxylic acids is 3. The highest BCUT2D eigenvalue weighted by Crippen LogP contribution is 2.46. The fourth-order valence-electron chi connectivity index (χ4n) is 9.79. The summed E-state index contributed by atoms with van der Waals surface area (Å²) >= 11 is 0. The number of aliphatic hydroxyl groups is 1. The van der Waals surface area contributed by atoms with E-state index in [0.29, 0.717) is 23.4 Å². The lowest BCUT2D eigenvalue weighted by atomic mass is 9.86. The van der Waals surface area contributed by atoms with Crippen molar-refractivity contribution in [3.63, 3.8) is 0 Å². The van der Waals surface area contributed by atoms with Crippen LogP contribution in [0.3, 0.4) is 0 Å². The second-order valence-electron chi connectivity index (χ2n) is 18.7. The van der Waals surface area contributed by atoms with E-state index in [1.165, 1.54) is 0 Å². The molecule has 73 heavy (non-hydrogen) atoms. The lowest BCUT2D eigenvalue weighted by Gasteiger charge is -2.25. The van der Waals surface area contributed by atoms with Crippen LogP contribution in [0.1, 0.15) is 98.8 Å². The van der Waals surface area contributed by atoms with Gasteiger partial charge in [-0.2, -0.15) is 0 Å². The van der Waals surface area contributed by atoms with Gasteiger partial charge in [-0.3, -0.25) is 29.4 Å². The van der Waals surface area contributed by atoms with E-state index in [2.05, 4.69) is 63.6 Å². The van der Waals surface area contributed by atoms with Crippen molar-refractivity contribution < 1.29 is 29.4 Å². The van der Waals surface area contributed by atoms with Crippen LogP contribution in [0.15, 0.2) is 134 Å². The van der Waals surface area contributed by atoms with E-state index in [0.717, 1.165) is 74.1 Å². The molecule has 22 heteroatoms. The van der Waals surface area contributed by atoms with Gasteiger partial charge in [-0.25, -0.2) is 19.8 Å². The van der Waals surface area contributed by atoms with Crippen molar-refractivity contribution in [3.8, 4) is 0 Å². The van der Waals surface area contributed by atoms with Crippen molar-refractivity contribution >= 4 is 58.7 Å². The molecule has 1 saturated heterocycles. The number of nitrogens with zero attached hydrogens (tertiary/aromatic N) is 6. The molecule has 0 unspecified atom stereocenters. The third-order valence-corrected chi connectivity index (χ3v) is 13.7. The molecule has 6 rings (SSSR count). The molecule has 0 aromatic heterocycles. The van der Waals surface area contributed by atoms with Crippen molar-refractivity contribution in [1.82, 2.24) is 21.3 Å². The van der Waals surface area contributed by atoms with E-state index in [9.17, 15) is 29.4 Å². The number of hydrogen-bond acceptors (Lipinski definition) is 12. The Morgan fingerprint density at radius 1 is 0.781 bits per heavy atom. The van der Waals surface area contributed by atoms with Gasteiger partial charge in [-0.1, -0.05) is 26.5 Å². The van der Waals surface area contributed by atoms with Crippen LogP contribution in [0, 0.1) is 11.8 Å². The summed E-state index contributed by atoms with van der Waals surface area (Å²) in [5.74, 6) is -3.89. The first-order valence-electron chi connectivity index (χ1n) is 24.6. The number of allylic oxidation sites excluding steroid dienone is 12. The minimum Gasteiger partial charge on any atom is -0.511 e. The Bertz CT molecular complexity index is 2760. The summed E-state index contributed by atoms with van der Waals surface area (Å²) < 4.78 is 0. The van der Waals surface area contributed by atoms with E-state index in [1.807, 2.05) is 38.2 Å². The second-order valence-corrected chi connectivity index (χ2v) is 18.7. The van der Waals surface area contributed by atoms with Crippen molar-refractivity contribution in [2.24, 2.45) is 76.2 Å². The smallest absolute Gasteiger partial charge is 0.326 e. The number of nitrogens with two attached hydrogens (primary N) is 6. The molecule has 5 aliphatic heterocycles. The number of fused-ring (bicyclic) bond motifs is 5. The van der Waals surface area contributed by atoms with Crippen LogP contribution in [-0.2, 0) is 19.2 Å². The molecule has 6 aliphatic rings. The number of aliphatic imine (C=N–C) groups is 6. The largest absolute Gasteiger partial charge is 0.511 e. The van der Waals surface area contributed by atoms with Gasteiger partial charge in [0.15, 0.2) is 17.9 Å². The van der Waals surface area contributed by atoms with Gasteiger partial charge in [-0.15, -0.1) is 0 Å². The molecule has 5 atom stereocenters. The molecule has 1 aliphatic carbocycles. The summed E-state index contributed by atoms with van der Waals surface area (Å²) in [6.07, 6.45) is 9.97. The molecule has 0 aromatic rings. The summed E-state index contributed by atoms with van der Waals surface area (Å²) in [7, 11) is 0. The van der Waals surface area contributed by atoms with Gasteiger partial charge in [0.1, 0.15) is 23.9 Å². The number of amides is 3. The standard InChI is InChI=1S/C51H70N16O6/c1-7-28-24(3)35-21-37-26(5)30(44(64-37)31-20-41(68)43-27(6)38(65-45(31)43)23-40-29(8-2)25(4)36(62-40)22-39(28)61-35)15-16-42(69)63-32(12-9-17-58-49(52)53)46(70)66-33(13-10-18-59-50(54)55)47(71)67-34(48(72)73)14-11-19-60-51(56)57/h7,21-23,26,30,32-34,64,68H,1,8-20H2,2-6H3,(H,63,69)(H,66,70)(H,67,71)(H,72,73)(H4,52,53,58)(H4,54,55,59)(H4,56,57,60)/t26-,30-,32-,33-,34-/m0/s1. The number of guanidine groups is 3. The van der Waals surface area contributed by atoms with Crippen molar-refractivity contribution in [2.45, 2.75) is 117 Å². The van der Waals surface area contributed by atoms with E-state index in [1.54, 1.807) is 0 Å². The molecule has 0 saturated carbocycles. The fourth-order valence-corrected chi connectivity index (χ4v) is 9.79. The first-order valence-corrected chi connectivity index (χ1v) is 24.6. The third kappa shape index (κ3) is 12.9. The number of hydrogen-bond donors (Lipinski definition) is 12. The zero-order valence-corrected chi connectivity index (χ0v) is 42.3. The number of nitrogens with one attached hydrogen (secondary N) is 4. The maximum atomic E-state index is 14.2. The molecule has 0 spiro atoms. The molecule has 0 radical (unpaired) electrons. The predicted molar refractivity (Wildman–Crippen MR) is 285 cm³/mol. The molecule has 5 heterocycles. The van der Waals surface area contributed by atoms with E-state index in [-0.39, 0.29) is 106 Å². The lowest BCUT2D eigenvalue weighted by Crippen LogP contribution is -2.55. The molecule has 22 nitrogen and oxygen atoms in total. The SMILES string of the molecule is C=CC1=C(C)C2=NC1=CC1=NC(=CC3=C(C)C4=C(O)CC(=C5NC(=C2)[C@@H](C)[C@@H]5CCC(=O)N[C@@H](CCCN=C(N)N)C(=O)N[C@@H](CCCN=C(N)N)C(=O)N[C@@H](CCCN=C(N)N)C(=O)O)C4=N3)C(CC)=C1C. The fraction of sp³-hybridized carbons (Fsp3) is 0.451. The molecule has 3 amide bonds. The molecular formula is C51H70N16O6. The second kappa shape index (κ2) is 23.9. The Labute approximate surface area is 425 Å². The Balaban J connectivity index is 1.28. The van der Waals surface area contributed by atoms with Crippen molar-refractivity contribution in [1.29, 1.82) is 0 Å².